The molecule has 0 saturated carbocycles. The quantitative estimate of drug-likeness (QED) is 0.627. The summed E-state index contributed by atoms with van der Waals surface area (Å²) < 4.78 is 44.0. The van der Waals surface area contributed by atoms with Crippen molar-refractivity contribution in [3.05, 3.63) is 54.1 Å². The van der Waals surface area contributed by atoms with Gasteiger partial charge >= 0.3 is 0 Å². The summed E-state index contributed by atoms with van der Waals surface area (Å²) in [5.74, 6) is -0.650. The summed E-state index contributed by atoms with van der Waals surface area (Å²) in [6, 6.07) is 8.16. The van der Waals surface area contributed by atoms with Crippen molar-refractivity contribution in [2.45, 2.75) is 19.3 Å². The van der Waals surface area contributed by atoms with Gasteiger partial charge in [0, 0.05) is 28.8 Å². The van der Waals surface area contributed by atoms with Gasteiger partial charge in [0.25, 0.3) is 0 Å². The molecule has 0 aliphatic heterocycles. The molecule has 2 heterocycles. The number of carbonyl (C=O) groups excluding carboxylic acids is 1. The van der Waals surface area contributed by atoms with Crippen molar-refractivity contribution < 1.29 is 22.3 Å². The van der Waals surface area contributed by atoms with E-state index in [0.29, 0.717) is 36.2 Å². The van der Waals surface area contributed by atoms with Gasteiger partial charge in [-0.25, -0.2) is 17.8 Å². The minimum Gasteiger partial charge on any atom is -0.496 e. The number of hydrogen-bond acceptors (Lipinski definition) is 5. The number of amides is 1. The number of aromatic nitrogens is 2. The summed E-state index contributed by atoms with van der Waals surface area (Å²) in [5.41, 5.74) is 3.99. The Kier molecular flexibility index (Phi) is 5.53. The van der Waals surface area contributed by atoms with Crippen LogP contribution >= 0.6 is 0 Å². The van der Waals surface area contributed by atoms with E-state index >= 15 is 0 Å². The highest BCUT2D eigenvalue weighted by Gasteiger charge is 2.25. The van der Waals surface area contributed by atoms with Crippen LogP contribution in [0.1, 0.15) is 25.0 Å². The zero-order valence-corrected chi connectivity index (χ0v) is 17.9. The van der Waals surface area contributed by atoms with Crippen LogP contribution in [-0.2, 0) is 14.8 Å². The third-order valence-corrected chi connectivity index (χ3v) is 5.97. The Morgan fingerprint density at radius 3 is 2.74 bits per heavy atom. The molecular formula is C22H22FN3O4S. The second kappa shape index (κ2) is 8.14. The number of pyridine rings is 1. The van der Waals surface area contributed by atoms with E-state index in [4.69, 9.17) is 4.74 Å². The summed E-state index contributed by atoms with van der Waals surface area (Å²) in [5, 5.41) is 0.833. The van der Waals surface area contributed by atoms with Crippen LogP contribution in [0.15, 0.2) is 42.6 Å². The molecule has 4 rings (SSSR count). The third kappa shape index (κ3) is 4.46. The van der Waals surface area contributed by atoms with Crippen LogP contribution in [0.5, 0.6) is 5.75 Å². The van der Waals surface area contributed by atoms with Gasteiger partial charge in [-0.15, -0.1) is 0 Å². The van der Waals surface area contributed by atoms with Crippen molar-refractivity contribution in [1.82, 2.24) is 14.7 Å². The summed E-state index contributed by atoms with van der Waals surface area (Å²) in [6.07, 6.45) is 6.18. The van der Waals surface area contributed by atoms with Gasteiger partial charge < -0.3 is 9.72 Å². The first kappa shape index (κ1) is 21.0. The van der Waals surface area contributed by atoms with Gasteiger partial charge in [0.1, 0.15) is 17.2 Å². The van der Waals surface area contributed by atoms with Gasteiger partial charge in [-0.2, -0.15) is 0 Å². The number of halogens is 1. The molecule has 0 fully saturated rings. The number of rotatable bonds is 5. The normalized spacial score (nSPS) is 16.7. The molecule has 1 aliphatic rings. The van der Waals surface area contributed by atoms with Gasteiger partial charge in [-0.3, -0.25) is 9.52 Å². The first-order valence-electron chi connectivity index (χ1n) is 9.78. The fraction of sp³-hybridized carbons (Fsp3) is 0.273. The summed E-state index contributed by atoms with van der Waals surface area (Å²) in [4.78, 5) is 19.8. The van der Waals surface area contributed by atoms with Crippen molar-refractivity contribution in [2.24, 2.45) is 5.92 Å². The highest BCUT2D eigenvalue weighted by Crippen LogP contribution is 2.37. The first-order chi connectivity index (χ1) is 14.7. The number of hydrogen-bond donors (Lipinski definition) is 2. The molecule has 0 radical (unpaired) electrons. The largest absolute Gasteiger partial charge is 0.496 e. The number of benzene rings is 1. The Morgan fingerprint density at radius 1 is 1.26 bits per heavy atom. The maximum atomic E-state index is 13.9. The van der Waals surface area contributed by atoms with Crippen LogP contribution in [0.2, 0.25) is 0 Å². The molecule has 162 valence electrons. The zero-order valence-electron chi connectivity index (χ0n) is 17.1. The van der Waals surface area contributed by atoms with Crippen LogP contribution in [0.4, 0.5) is 4.39 Å². The highest BCUT2D eigenvalue weighted by molar-refractivity contribution is 7.89. The number of allylic oxidation sites excluding steroid dienone is 2. The zero-order chi connectivity index (χ0) is 22.2. The van der Waals surface area contributed by atoms with Gasteiger partial charge in [0.15, 0.2) is 0 Å². The summed E-state index contributed by atoms with van der Waals surface area (Å²) >= 11 is 0. The van der Waals surface area contributed by atoms with Crippen molar-refractivity contribution in [2.75, 3.05) is 13.4 Å². The average molecular weight is 444 g/mol. The van der Waals surface area contributed by atoms with E-state index in [1.165, 1.54) is 12.1 Å². The average Bonchev–Trinajstić information content (AvgIpc) is 3.17. The van der Waals surface area contributed by atoms with Crippen molar-refractivity contribution >= 4 is 32.5 Å². The van der Waals surface area contributed by atoms with E-state index in [-0.39, 0.29) is 11.7 Å². The lowest BCUT2D eigenvalue weighted by atomic mass is 9.88. The smallest absolute Gasteiger partial charge is 0.236 e. The second-order valence-corrected chi connectivity index (χ2v) is 9.34. The lowest BCUT2D eigenvalue weighted by Gasteiger charge is -2.20. The molecule has 3 aromatic rings. The Morgan fingerprint density at radius 2 is 2.06 bits per heavy atom. The lowest BCUT2D eigenvalue weighted by Crippen LogP contribution is -2.35. The van der Waals surface area contributed by atoms with Crippen LogP contribution in [-0.4, -0.2) is 37.7 Å². The lowest BCUT2D eigenvalue weighted by molar-refractivity contribution is -0.123. The monoisotopic (exact) mass is 443 g/mol. The fourth-order valence-electron chi connectivity index (χ4n) is 3.91. The second-order valence-electron chi connectivity index (χ2n) is 7.59. The SMILES string of the molecule is COc1ccc(F)cc1-c1ccnc2[nH]c(C3=CCC(C(=O)NS(C)(=O)=O)CC3)cc12. The number of fused-ring (bicyclic) bond motifs is 1. The number of H-pyrrole nitrogens is 1. The minimum absolute atomic E-state index is 0.357. The topological polar surface area (TPSA) is 101 Å². The van der Waals surface area contributed by atoms with Crippen LogP contribution < -0.4 is 9.46 Å². The number of carbonyl (C=O) groups is 1. The molecule has 1 atom stereocenters. The molecule has 31 heavy (non-hydrogen) atoms. The molecule has 9 heteroatoms. The number of aromatic amines is 1. The molecule has 1 aromatic carbocycles. The molecule has 1 unspecified atom stereocenters. The Labute approximate surface area is 179 Å². The van der Waals surface area contributed by atoms with Crippen LogP contribution in [0, 0.1) is 11.7 Å². The molecule has 0 spiro atoms. The first-order valence-corrected chi connectivity index (χ1v) is 11.7. The number of nitrogens with one attached hydrogen (secondary N) is 2. The molecule has 2 N–H and O–H groups in total. The maximum absolute atomic E-state index is 13.9. The predicted octanol–water partition coefficient (Wildman–Crippen LogP) is 3.64. The van der Waals surface area contributed by atoms with Crippen LogP contribution in [0.3, 0.4) is 0 Å². The highest BCUT2D eigenvalue weighted by atomic mass is 32.2. The molecule has 0 saturated heterocycles. The molecule has 1 aliphatic carbocycles. The number of nitrogens with zero attached hydrogens (tertiary/aromatic N) is 1. The van der Waals surface area contributed by atoms with Gasteiger partial charge in [0.2, 0.25) is 15.9 Å². The Hall–Kier alpha value is -3.20. The van der Waals surface area contributed by atoms with Crippen molar-refractivity contribution in [3.63, 3.8) is 0 Å². The van der Waals surface area contributed by atoms with E-state index in [1.54, 1.807) is 19.4 Å². The van der Waals surface area contributed by atoms with E-state index in [1.807, 2.05) is 22.9 Å². The van der Waals surface area contributed by atoms with Crippen molar-refractivity contribution in [3.8, 4) is 16.9 Å². The number of sulfonamides is 1. The maximum Gasteiger partial charge on any atom is 0.236 e. The molecule has 7 nitrogen and oxygen atoms in total. The van der Waals surface area contributed by atoms with E-state index in [9.17, 15) is 17.6 Å². The van der Waals surface area contributed by atoms with Crippen molar-refractivity contribution in [1.29, 1.82) is 0 Å². The summed E-state index contributed by atoms with van der Waals surface area (Å²) in [6.45, 7) is 0. The molecular weight excluding hydrogens is 421 g/mol. The Bertz CT molecular complexity index is 1300. The molecule has 1 amide bonds. The van der Waals surface area contributed by atoms with Gasteiger partial charge in [-0.1, -0.05) is 6.08 Å². The molecule has 2 aromatic heterocycles. The van der Waals surface area contributed by atoms with Crippen LogP contribution in [0.25, 0.3) is 27.7 Å². The fourth-order valence-corrected chi connectivity index (χ4v) is 4.44. The van der Waals surface area contributed by atoms with E-state index in [2.05, 4.69) is 9.97 Å². The molecule has 0 bridgehead atoms. The van der Waals surface area contributed by atoms with E-state index in [0.717, 1.165) is 28.5 Å². The number of methoxy groups -OCH3 is 1. The van der Waals surface area contributed by atoms with Gasteiger partial charge in [-0.05, 0) is 60.7 Å². The van der Waals surface area contributed by atoms with Gasteiger partial charge in [0.05, 0.1) is 13.4 Å². The third-order valence-electron chi connectivity index (χ3n) is 5.40. The van der Waals surface area contributed by atoms with E-state index < -0.39 is 15.9 Å². The standard InChI is InChI=1S/C22H22FN3O4S/c1-30-20-8-7-15(23)11-17(20)16-9-10-24-21-18(16)12-19(25-21)13-3-5-14(6-4-13)22(27)26-31(2,28)29/h3,7-12,14H,4-6H2,1-2H3,(H,24,25)(H,26,27). The summed E-state index contributed by atoms with van der Waals surface area (Å²) in [7, 11) is -2.02. The minimum atomic E-state index is -3.57. The Balaban J connectivity index is 1.65. The predicted molar refractivity (Wildman–Crippen MR) is 116 cm³/mol. The number of ether oxygens (including phenoxy) is 1.